The van der Waals surface area contributed by atoms with Crippen LogP contribution in [0.4, 0.5) is 0 Å². The van der Waals surface area contributed by atoms with Gasteiger partial charge in [-0.3, -0.25) is 0 Å². The van der Waals surface area contributed by atoms with Crippen LogP contribution in [0.2, 0.25) is 0 Å². The molecule has 0 saturated heterocycles. The number of benzene rings is 1. The van der Waals surface area contributed by atoms with Gasteiger partial charge in [0.05, 0.1) is 23.4 Å². The van der Waals surface area contributed by atoms with Crippen molar-refractivity contribution in [3.63, 3.8) is 0 Å². The van der Waals surface area contributed by atoms with Crippen LogP contribution in [0, 0.1) is 0 Å². The van der Waals surface area contributed by atoms with Crippen LogP contribution in [-0.2, 0) is 9.84 Å². The second-order valence-corrected chi connectivity index (χ2v) is 8.22. The van der Waals surface area contributed by atoms with E-state index < -0.39 is 9.84 Å². The van der Waals surface area contributed by atoms with Gasteiger partial charge in [0.15, 0.2) is 15.7 Å². The SMILES string of the molecule is CCS(=O)(=O)c1ccc(-n2cncn2)nc1-c1ncn(-c2ccc(OC)cc2)n1. The van der Waals surface area contributed by atoms with Crippen LogP contribution in [0.15, 0.2) is 60.3 Å². The second-order valence-electron chi connectivity index (χ2n) is 5.97. The van der Waals surface area contributed by atoms with Crippen LogP contribution in [-0.4, -0.2) is 55.8 Å². The third-order valence-electron chi connectivity index (χ3n) is 4.25. The number of rotatable bonds is 6. The molecule has 0 aliphatic heterocycles. The summed E-state index contributed by atoms with van der Waals surface area (Å²) in [5, 5.41) is 8.47. The summed E-state index contributed by atoms with van der Waals surface area (Å²) in [6.45, 7) is 1.58. The molecule has 4 aromatic rings. The van der Waals surface area contributed by atoms with Crippen molar-refractivity contribution >= 4 is 9.84 Å². The monoisotopic (exact) mass is 411 g/mol. The molecule has 0 saturated carbocycles. The first-order valence-electron chi connectivity index (χ1n) is 8.67. The number of hydrogen-bond donors (Lipinski definition) is 0. The summed E-state index contributed by atoms with van der Waals surface area (Å²) < 4.78 is 33.3. The minimum absolute atomic E-state index is 0.0659. The standard InChI is InChI=1S/C18H17N7O3S/c1-3-29(26,27)15-8-9-16(25-11-19-10-21-25)22-17(15)18-20-12-24(23-18)13-4-6-14(28-2)7-5-13/h4-12H,3H2,1-2H3. The van der Waals surface area contributed by atoms with E-state index in [1.54, 1.807) is 36.9 Å². The molecule has 0 N–H and O–H groups in total. The van der Waals surface area contributed by atoms with Crippen LogP contribution in [0.25, 0.3) is 23.0 Å². The van der Waals surface area contributed by atoms with Gasteiger partial charge in [-0.2, -0.15) is 5.10 Å². The molecule has 1 aromatic carbocycles. The number of ether oxygens (including phenoxy) is 1. The second kappa shape index (κ2) is 7.43. The maximum absolute atomic E-state index is 12.6. The number of pyridine rings is 1. The molecular weight excluding hydrogens is 394 g/mol. The minimum atomic E-state index is -3.54. The maximum Gasteiger partial charge on any atom is 0.201 e. The average Bonchev–Trinajstić information content (AvgIpc) is 3.46. The zero-order valence-electron chi connectivity index (χ0n) is 15.7. The van der Waals surface area contributed by atoms with Crippen LogP contribution < -0.4 is 4.74 Å². The van der Waals surface area contributed by atoms with Crippen LogP contribution >= 0.6 is 0 Å². The molecule has 0 aliphatic carbocycles. The fraction of sp³-hybridized carbons (Fsp3) is 0.167. The number of aromatic nitrogens is 7. The highest BCUT2D eigenvalue weighted by molar-refractivity contribution is 7.91. The summed E-state index contributed by atoms with van der Waals surface area (Å²) in [5.41, 5.74) is 0.906. The molecule has 0 aliphatic rings. The lowest BCUT2D eigenvalue weighted by Crippen LogP contribution is -2.10. The number of hydrogen-bond acceptors (Lipinski definition) is 8. The van der Waals surface area contributed by atoms with E-state index in [4.69, 9.17) is 4.74 Å². The third-order valence-corrected chi connectivity index (χ3v) is 6.01. The smallest absolute Gasteiger partial charge is 0.201 e. The van der Waals surface area contributed by atoms with Crippen molar-refractivity contribution in [3.8, 4) is 28.8 Å². The van der Waals surface area contributed by atoms with Crippen molar-refractivity contribution < 1.29 is 13.2 Å². The molecule has 0 spiro atoms. The van der Waals surface area contributed by atoms with E-state index in [9.17, 15) is 8.42 Å². The van der Waals surface area contributed by atoms with Gasteiger partial charge < -0.3 is 4.74 Å². The van der Waals surface area contributed by atoms with Gasteiger partial charge in [-0.05, 0) is 36.4 Å². The van der Waals surface area contributed by atoms with E-state index in [-0.39, 0.29) is 22.2 Å². The van der Waals surface area contributed by atoms with E-state index in [0.29, 0.717) is 11.6 Å². The Morgan fingerprint density at radius 3 is 2.48 bits per heavy atom. The first kappa shape index (κ1) is 18.7. The predicted molar refractivity (Wildman–Crippen MR) is 104 cm³/mol. The summed E-state index contributed by atoms with van der Waals surface area (Å²) >= 11 is 0. The maximum atomic E-state index is 12.6. The molecule has 3 aromatic heterocycles. The van der Waals surface area contributed by atoms with Gasteiger partial charge in [-0.15, -0.1) is 5.10 Å². The minimum Gasteiger partial charge on any atom is -0.497 e. The number of methoxy groups -OCH3 is 1. The van der Waals surface area contributed by atoms with E-state index in [2.05, 4.69) is 25.1 Å². The molecule has 0 fully saturated rings. The summed E-state index contributed by atoms with van der Waals surface area (Å²) in [5.74, 6) is 1.25. The molecular formula is C18H17N7O3S. The van der Waals surface area contributed by atoms with Gasteiger partial charge in [-0.25, -0.2) is 32.7 Å². The van der Waals surface area contributed by atoms with Gasteiger partial charge in [0, 0.05) is 0 Å². The van der Waals surface area contributed by atoms with Crippen LogP contribution in [0.1, 0.15) is 6.92 Å². The van der Waals surface area contributed by atoms with Gasteiger partial charge in [-0.1, -0.05) is 6.92 Å². The Morgan fingerprint density at radius 1 is 1.03 bits per heavy atom. The number of nitrogens with zero attached hydrogens (tertiary/aromatic N) is 7. The summed E-state index contributed by atoms with van der Waals surface area (Å²) in [6.07, 6.45) is 4.35. The number of sulfone groups is 1. The summed E-state index contributed by atoms with van der Waals surface area (Å²) in [6, 6.07) is 10.3. The fourth-order valence-electron chi connectivity index (χ4n) is 2.69. The van der Waals surface area contributed by atoms with E-state index in [1.807, 2.05) is 12.1 Å². The molecule has 29 heavy (non-hydrogen) atoms. The Kier molecular flexibility index (Phi) is 4.80. The molecule has 3 heterocycles. The lowest BCUT2D eigenvalue weighted by Gasteiger charge is -2.08. The van der Waals surface area contributed by atoms with Crippen molar-refractivity contribution in [2.75, 3.05) is 12.9 Å². The zero-order valence-corrected chi connectivity index (χ0v) is 16.5. The summed E-state index contributed by atoms with van der Waals surface area (Å²) in [7, 11) is -1.95. The molecule has 0 atom stereocenters. The van der Waals surface area contributed by atoms with Crippen molar-refractivity contribution in [3.05, 3.63) is 55.4 Å². The van der Waals surface area contributed by atoms with Crippen molar-refractivity contribution in [2.24, 2.45) is 0 Å². The summed E-state index contributed by atoms with van der Waals surface area (Å²) in [4.78, 5) is 12.7. The van der Waals surface area contributed by atoms with Crippen molar-refractivity contribution in [2.45, 2.75) is 11.8 Å². The van der Waals surface area contributed by atoms with Crippen molar-refractivity contribution in [1.29, 1.82) is 0 Å². The Hall–Kier alpha value is -3.60. The Labute approximate surface area is 166 Å². The van der Waals surface area contributed by atoms with Gasteiger partial charge in [0.25, 0.3) is 0 Å². The molecule has 0 amide bonds. The predicted octanol–water partition coefficient (Wildman–Crippen LogP) is 1.71. The first-order valence-corrected chi connectivity index (χ1v) is 10.3. The normalized spacial score (nSPS) is 11.5. The Balaban J connectivity index is 1.82. The molecule has 4 rings (SSSR count). The third kappa shape index (κ3) is 3.59. The van der Waals surface area contributed by atoms with Crippen molar-refractivity contribution in [1.82, 2.24) is 34.5 Å². The van der Waals surface area contributed by atoms with Gasteiger partial charge >= 0.3 is 0 Å². The van der Waals surface area contributed by atoms with Crippen LogP contribution in [0.3, 0.4) is 0 Å². The molecule has 0 unspecified atom stereocenters. The first-order chi connectivity index (χ1) is 14.0. The van der Waals surface area contributed by atoms with E-state index in [1.165, 1.54) is 29.7 Å². The highest BCUT2D eigenvalue weighted by Gasteiger charge is 2.23. The Morgan fingerprint density at radius 2 is 1.83 bits per heavy atom. The van der Waals surface area contributed by atoms with E-state index in [0.717, 1.165) is 5.69 Å². The molecule has 0 bridgehead atoms. The van der Waals surface area contributed by atoms with Gasteiger partial charge in [0.1, 0.15) is 30.4 Å². The highest BCUT2D eigenvalue weighted by Crippen LogP contribution is 2.25. The molecule has 10 nitrogen and oxygen atoms in total. The lowest BCUT2D eigenvalue weighted by molar-refractivity contribution is 0.414. The molecule has 148 valence electrons. The van der Waals surface area contributed by atoms with Gasteiger partial charge in [0.2, 0.25) is 5.82 Å². The average molecular weight is 411 g/mol. The quantitative estimate of drug-likeness (QED) is 0.471. The fourth-order valence-corrected chi connectivity index (χ4v) is 3.71. The lowest BCUT2D eigenvalue weighted by atomic mass is 10.3. The van der Waals surface area contributed by atoms with Crippen LogP contribution in [0.5, 0.6) is 5.75 Å². The van der Waals surface area contributed by atoms with E-state index >= 15 is 0 Å². The molecule has 11 heteroatoms. The highest BCUT2D eigenvalue weighted by atomic mass is 32.2. The topological polar surface area (TPSA) is 118 Å². The molecule has 0 radical (unpaired) electrons. The Bertz CT molecular complexity index is 1230. The zero-order chi connectivity index (χ0) is 20.4. The largest absolute Gasteiger partial charge is 0.497 e.